The lowest BCUT2D eigenvalue weighted by Crippen LogP contribution is -2.38. The minimum absolute atomic E-state index is 0.00797. The Morgan fingerprint density at radius 1 is 1.24 bits per heavy atom. The molecule has 25 heavy (non-hydrogen) atoms. The second-order valence-electron chi connectivity index (χ2n) is 6.01. The highest BCUT2D eigenvalue weighted by molar-refractivity contribution is 7.09. The van der Waals surface area contributed by atoms with Crippen molar-refractivity contribution in [3.63, 3.8) is 0 Å². The second-order valence-corrected chi connectivity index (χ2v) is 7.07. The monoisotopic (exact) mass is 359 g/mol. The van der Waals surface area contributed by atoms with E-state index in [4.69, 9.17) is 0 Å². The van der Waals surface area contributed by atoms with Gasteiger partial charge in [-0.05, 0) is 24.6 Å². The number of aliphatic imine (C=N–C) groups is 1. The SMILES string of the molecule is CN=C(NCc1ccc(C(=O)N(C)C)cc1)N(C)Cc1csc(C)n1. The molecule has 0 saturated carbocycles. The Morgan fingerprint density at radius 2 is 1.92 bits per heavy atom. The number of amides is 1. The molecule has 2 rings (SSSR count). The third-order valence-electron chi connectivity index (χ3n) is 3.70. The summed E-state index contributed by atoms with van der Waals surface area (Å²) in [4.78, 5) is 24.3. The van der Waals surface area contributed by atoms with Gasteiger partial charge < -0.3 is 15.1 Å². The van der Waals surface area contributed by atoms with E-state index < -0.39 is 0 Å². The largest absolute Gasteiger partial charge is 0.352 e. The number of carbonyl (C=O) groups excluding carboxylic acids is 1. The molecule has 134 valence electrons. The topological polar surface area (TPSA) is 60.8 Å². The Balaban J connectivity index is 1.93. The summed E-state index contributed by atoms with van der Waals surface area (Å²) in [6.45, 7) is 3.36. The molecule has 7 heteroatoms. The summed E-state index contributed by atoms with van der Waals surface area (Å²) < 4.78 is 0. The molecule has 1 aromatic carbocycles. The maximum absolute atomic E-state index is 11.9. The first-order valence-electron chi connectivity index (χ1n) is 8.04. The first-order chi connectivity index (χ1) is 11.9. The molecule has 0 atom stereocenters. The van der Waals surface area contributed by atoms with Crippen LogP contribution < -0.4 is 5.32 Å². The van der Waals surface area contributed by atoms with Crippen molar-refractivity contribution in [2.45, 2.75) is 20.0 Å². The van der Waals surface area contributed by atoms with E-state index in [9.17, 15) is 4.79 Å². The van der Waals surface area contributed by atoms with Gasteiger partial charge in [0.1, 0.15) is 0 Å². The lowest BCUT2D eigenvalue weighted by Gasteiger charge is -2.21. The lowest BCUT2D eigenvalue weighted by molar-refractivity contribution is 0.0827. The zero-order chi connectivity index (χ0) is 18.4. The van der Waals surface area contributed by atoms with E-state index in [0.29, 0.717) is 18.7 Å². The molecule has 1 aromatic heterocycles. The number of benzene rings is 1. The fraction of sp³-hybridized carbons (Fsp3) is 0.389. The summed E-state index contributed by atoms with van der Waals surface area (Å²) in [7, 11) is 7.26. The highest BCUT2D eigenvalue weighted by Crippen LogP contribution is 2.10. The Kier molecular flexibility index (Phi) is 6.52. The molecule has 0 saturated heterocycles. The number of nitrogens with zero attached hydrogens (tertiary/aromatic N) is 4. The van der Waals surface area contributed by atoms with Crippen molar-refractivity contribution in [2.75, 3.05) is 28.2 Å². The van der Waals surface area contributed by atoms with Gasteiger partial charge in [0.2, 0.25) is 0 Å². The van der Waals surface area contributed by atoms with E-state index in [1.807, 2.05) is 43.1 Å². The van der Waals surface area contributed by atoms with Crippen LogP contribution in [0.1, 0.15) is 26.6 Å². The van der Waals surface area contributed by atoms with Crippen LogP contribution in [0.4, 0.5) is 0 Å². The number of guanidine groups is 1. The van der Waals surface area contributed by atoms with Gasteiger partial charge in [0.05, 0.1) is 17.2 Å². The molecule has 0 aliphatic rings. The predicted octanol–water partition coefficient (Wildman–Crippen LogP) is 2.36. The molecule has 0 unspecified atom stereocenters. The Labute approximate surface area is 153 Å². The maximum atomic E-state index is 11.9. The van der Waals surface area contributed by atoms with Crippen LogP contribution in [0.25, 0.3) is 0 Å². The van der Waals surface area contributed by atoms with Gasteiger partial charge >= 0.3 is 0 Å². The third-order valence-corrected chi connectivity index (χ3v) is 4.52. The number of aromatic nitrogens is 1. The molecular formula is C18H25N5OS. The molecule has 0 radical (unpaired) electrons. The van der Waals surface area contributed by atoms with Crippen LogP contribution >= 0.6 is 11.3 Å². The van der Waals surface area contributed by atoms with Crippen molar-refractivity contribution in [3.05, 3.63) is 51.5 Å². The molecule has 1 N–H and O–H groups in total. The van der Waals surface area contributed by atoms with E-state index in [0.717, 1.165) is 22.2 Å². The summed E-state index contributed by atoms with van der Waals surface area (Å²) >= 11 is 1.65. The van der Waals surface area contributed by atoms with E-state index in [1.165, 1.54) is 0 Å². The quantitative estimate of drug-likeness (QED) is 0.658. The fourth-order valence-electron chi connectivity index (χ4n) is 2.39. The van der Waals surface area contributed by atoms with Gasteiger partial charge in [0, 0.05) is 45.7 Å². The number of hydrogen-bond donors (Lipinski definition) is 1. The predicted molar refractivity (Wildman–Crippen MR) is 103 cm³/mol. The van der Waals surface area contributed by atoms with E-state index in [-0.39, 0.29) is 5.91 Å². The molecule has 1 amide bonds. The number of rotatable bonds is 5. The highest BCUT2D eigenvalue weighted by Gasteiger charge is 2.10. The average molecular weight is 359 g/mol. The summed E-state index contributed by atoms with van der Waals surface area (Å²) in [6, 6.07) is 7.62. The first kappa shape index (κ1) is 18.9. The summed E-state index contributed by atoms with van der Waals surface area (Å²) in [5.74, 6) is 0.813. The van der Waals surface area contributed by atoms with Crippen molar-refractivity contribution in [2.24, 2.45) is 4.99 Å². The zero-order valence-electron chi connectivity index (χ0n) is 15.4. The summed E-state index contributed by atoms with van der Waals surface area (Å²) in [5.41, 5.74) is 2.82. The van der Waals surface area contributed by atoms with Crippen molar-refractivity contribution in [1.82, 2.24) is 20.1 Å². The summed E-state index contributed by atoms with van der Waals surface area (Å²) in [5, 5.41) is 6.48. The number of carbonyl (C=O) groups is 1. The van der Waals surface area contributed by atoms with Crippen molar-refractivity contribution in [3.8, 4) is 0 Å². The van der Waals surface area contributed by atoms with Gasteiger partial charge in [-0.1, -0.05) is 12.1 Å². The standard InChI is InChI=1S/C18H25N5OS/c1-13-21-16(12-25-13)11-23(5)18(19-2)20-10-14-6-8-15(9-7-14)17(24)22(3)4/h6-9,12H,10-11H2,1-5H3,(H,19,20). The van der Waals surface area contributed by atoms with Crippen LogP contribution in [0.15, 0.2) is 34.6 Å². The first-order valence-corrected chi connectivity index (χ1v) is 8.92. The molecule has 0 aliphatic heterocycles. The number of nitrogens with one attached hydrogen (secondary N) is 1. The molecule has 6 nitrogen and oxygen atoms in total. The molecule has 1 heterocycles. The van der Waals surface area contributed by atoms with Crippen LogP contribution in [0, 0.1) is 6.92 Å². The number of thiazole rings is 1. The van der Waals surface area contributed by atoms with Crippen LogP contribution in [0.3, 0.4) is 0 Å². The Bertz CT molecular complexity index is 736. The normalized spacial score (nSPS) is 11.3. The highest BCUT2D eigenvalue weighted by atomic mass is 32.1. The lowest BCUT2D eigenvalue weighted by atomic mass is 10.1. The number of hydrogen-bond acceptors (Lipinski definition) is 4. The zero-order valence-corrected chi connectivity index (χ0v) is 16.2. The molecule has 0 aliphatic carbocycles. The van der Waals surface area contributed by atoms with Gasteiger partial charge in [-0.15, -0.1) is 11.3 Å². The van der Waals surface area contributed by atoms with Gasteiger partial charge in [-0.25, -0.2) is 4.98 Å². The molecule has 0 spiro atoms. The van der Waals surface area contributed by atoms with Crippen molar-refractivity contribution >= 4 is 23.2 Å². The molecule has 2 aromatic rings. The van der Waals surface area contributed by atoms with Crippen LogP contribution in [-0.2, 0) is 13.1 Å². The van der Waals surface area contributed by atoms with Gasteiger partial charge in [-0.3, -0.25) is 9.79 Å². The smallest absolute Gasteiger partial charge is 0.253 e. The minimum Gasteiger partial charge on any atom is -0.352 e. The summed E-state index contributed by atoms with van der Waals surface area (Å²) in [6.07, 6.45) is 0. The van der Waals surface area contributed by atoms with Crippen LogP contribution in [-0.4, -0.2) is 54.8 Å². The second kappa shape index (κ2) is 8.62. The average Bonchev–Trinajstić information content (AvgIpc) is 3.00. The van der Waals surface area contributed by atoms with Crippen molar-refractivity contribution < 1.29 is 4.79 Å². The van der Waals surface area contributed by atoms with Crippen LogP contribution in [0.2, 0.25) is 0 Å². The molecule has 0 fully saturated rings. The Hall–Kier alpha value is -2.41. The van der Waals surface area contributed by atoms with Crippen LogP contribution in [0.5, 0.6) is 0 Å². The molecular weight excluding hydrogens is 334 g/mol. The minimum atomic E-state index is 0.00797. The van der Waals surface area contributed by atoms with Gasteiger partial charge in [-0.2, -0.15) is 0 Å². The number of aryl methyl sites for hydroxylation is 1. The third kappa shape index (κ3) is 5.29. The van der Waals surface area contributed by atoms with E-state index in [1.54, 1.807) is 37.4 Å². The Morgan fingerprint density at radius 3 is 2.44 bits per heavy atom. The fourth-order valence-corrected chi connectivity index (χ4v) is 2.99. The van der Waals surface area contributed by atoms with Gasteiger partial charge in [0.25, 0.3) is 5.91 Å². The molecule has 0 bridgehead atoms. The van der Waals surface area contributed by atoms with E-state index in [2.05, 4.69) is 20.7 Å². The maximum Gasteiger partial charge on any atom is 0.253 e. The van der Waals surface area contributed by atoms with Crippen molar-refractivity contribution in [1.29, 1.82) is 0 Å². The van der Waals surface area contributed by atoms with E-state index >= 15 is 0 Å². The van der Waals surface area contributed by atoms with Gasteiger partial charge in [0.15, 0.2) is 5.96 Å².